The summed E-state index contributed by atoms with van der Waals surface area (Å²) in [5.41, 5.74) is 1.17. The van der Waals surface area contributed by atoms with Gasteiger partial charge in [0.15, 0.2) is 0 Å². The molecule has 210 valence electrons. The zero-order valence-electron chi connectivity index (χ0n) is 23.7. The lowest BCUT2D eigenvalue weighted by Gasteiger charge is -2.36. The van der Waals surface area contributed by atoms with E-state index in [4.69, 9.17) is 0 Å². The zero-order chi connectivity index (χ0) is 29.0. The molecule has 3 amide bonds. The van der Waals surface area contributed by atoms with E-state index in [0.717, 1.165) is 11.1 Å². The predicted octanol–water partition coefficient (Wildman–Crippen LogP) is 4.15. The second-order valence-electron chi connectivity index (χ2n) is 12.8. The maximum absolute atomic E-state index is 13.9. The van der Waals surface area contributed by atoms with Crippen molar-refractivity contribution in [3.05, 3.63) is 46.8 Å². The number of β-amino-alcohol motifs (C(OH)–C–C–N with tert-alkyl or cyclic N) is 1. The van der Waals surface area contributed by atoms with Crippen molar-refractivity contribution in [2.24, 2.45) is 15.8 Å². The number of thiophene rings is 1. The van der Waals surface area contributed by atoms with Gasteiger partial charge < -0.3 is 15.3 Å². The van der Waals surface area contributed by atoms with Gasteiger partial charge in [-0.2, -0.15) is 5.26 Å². The summed E-state index contributed by atoms with van der Waals surface area (Å²) in [5, 5.41) is 25.0. The summed E-state index contributed by atoms with van der Waals surface area (Å²) in [4.78, 5) is 47.4. The molecule has 3 heterocycles. The highest BCUT2D eigenvalue weighted by molar-refractivity contribution is 7.13. The molecule has 4 unspecified atom stereocenters. The van der Waals surface area contributed by atoms with Crippen LogP contribution in [0.3, 0.4) is 0 Å². The van der Waals surface area contributed by atoms with Crippen molar-refractivity contribution < 1.29 is 19.5 Å². The van der Waals surface area contributed by atoms with Crippen LogP contribution < -0.4 is 5.32 Å². The van der Waals surface area contributed by atoms with Gasteiger partial charge in [0.2, 0.25) is 11.8 Å². The standard InChI is InChI=1S/C31H36N4O4S/c1-18-10-13-40-24(18)19-6-8-20(9-7-19)30(5)15-22(33-27(30)38)23-14-21(36)16-35(23)26(37)25(29(2,3)4)34-28(39)31(17-32)11-12-31/h6-10,13,21,23,25,36H,11-12,14-16H2,1-5H3,(H,34,39). The van der Waals surface area contributed by atoms with Gasteiger partial charge in [-0.3, -0.25) is 14.4 Å². The molecule has 1 saturated carbocycles. The van der Waals surface area contributed by atoms with Gasteiger partial charge in [-0.1, -0.05) is 45.0 Å². The lowest BCUT2D eigenvalue weighted by Crippen LogP contribution is -2.57. The van der Waals surface area contributed by atoms with Crippen LogP contribution in [0.15, 0.2) is 40.7 Å². The lowest BCUT2D eigenvalue weighted by atomic mass is 9.78. The summed E-state index contributed by atoms with van der Waals surface area (Å²) >= 11 is 1.68. The highest BCUT2D eigenvalue weighted by atomic mass is 32.1. The Morgan fingerprint density at radius 1 is 1.23 bits per heavy atom. The molecule has 0 radical (unpaired) electrons. The average molecular weight is 561 g/mol. The molecule has 2 fully saturated rings. The van der Waals surface area contributed by atoms with Crippen molar-refractivity contribution >= 4 is 34.8 Å². The van der Waals surface area contributed by atoms with Gasteiger partial charge in [0.25, 0.3) is 5.91 Å². The summed E-state index contributed by atoms with van der Waals surface area (Å²) in [7, 11) is 0. The summed E-state index contributed by atoms with van der Waals surface area (Å²) in [6.07, 6.45) is 0.816. The molecule has 2 aromatic rings. The van der Waals surface area contributed by atoms with E-state index in [9.17, 15) is 24.8 Å². The predicted molar refractivity (Wildman–Crippen MR) is 154 cm³/mol. The summed E-state index contributed by atoms with van der Waals surface area (Å²) in [5.74, 6) is -1.03. The number of hydrogen-bond acceptors (Lipinski definition) is 6. The van der Waals surface area contributed by atoms with E-state index in [0.29, 0.717) is 25.0 Å². The molecule has 8 nitrogen and oxygen atoms in total. The Morgan fingerprint density at radius 3 is 2.45 bits per heavy atom. The van der Waals surface area contributed by atoms with Gasteiger partial charge in [-0.15, -0.1) is 11.3 Å². The number of carbonyl (C=O) groups excluding carboxylic acids is 3. The Hall–Kier alpha value is -3.35. The van der Waals surface area contributed by atoms with Crippen molar-refractivity contribution in [1.82, 2.24) is 10.2 Å². The summed E-state index contributed by atoms with van der Waals surface area (Å²) in [6.45, 7) is 9.63. The van der Waals surface area contributed by atoms with Crippen LogP contribution in [0.1, 0.15) is 64.5 Å². The maximum atomic E-state index is 13.9. The van der Waals surface area contributed by atoms with Gasteiger partial charge in [0.05, 0.1) is 23.6 Å². The molecule has 4 atom stereocenters. The van der Waals surface area contributed by atoms with Crippen molar-refractivity contribution in [3.63, 3.8) is 0 Å². The number of rotatable bonds is 6. The van der Waals surface area contributed by atoms with E-state index in [-0.39, 0.29) is 24.8 Å². The molecule has 2 N–H and O–H groups in total. The molecule has 0 bridgehead atoms. The Balaban J connectivity index is 1.37. The smallest absolute Gasteiger partial charge is 0.256 e. The van der Waals surface area contributed by atoms with Gasteiger partial charge in [0, 0.05) is 30.0 Å². The summed E-state index contributed by atoms with van der Waals surface area (Å²) < 4.78 is 0. The van der Waals surface area contributed by atoms with Crippen LogP contribution in [0.25, 0.3) is 10.4 Å². The van der Waals surface area contributed by atoms with Crippen LogP contribution in [-0.2, 0) is 19.8 Å². The van der Waals surface area contributed by atoms with Crippen molar-refractivity contribution in [1.29, 1.82) is 5.26 Å². The average Bonchev–Trinajstić information content (AvgIpc) is 3.28. The first-order chi connectivity index (χ1) is 18.8. The molecular weight excluding hydrogens is 524 g/mol. The number of likely N-dealkylation sites (tertiary alicyclic amines) is 1. The Morgan fingerprint density at radius 2 is 1.90 bits per heavy atom. The van der Waals surface area contributed by atoms with E-state index in [2.05, 4.69) is 34.7 Å². The number of hydrogen-bond donors (Lipinski definition) is 2. The highest BCUT2D eigenvalue weighted by Crippen LogP contribution is 2.45. The number of carbonyl (C=O) groups is 3. The van der Waals surface area contributed by atoms with Crippen LogP contribution in [0.2, 0.25) is 0 Å². The Bertz CT molecular complexity index is 1430. The highest BCUT2D eigenvalue weighted by Gasteiger charge is 2.54. The van der Waals surface area contributed by atoms with Crippen LogP contribution in [-0.4, -0.2) is 58.2 Å². The first kappa shape index (κ1) is 28.2. The van der Waals surface area contributed by atoms with E-state index in [1.165, 1.54) is 10.4 Å². The number of nitrogens with zero attached hydrogens (tertiary/aromatic N) is 3. The van der Waals surface area contributed by atoms with Crippen molar-refractivity contribution in [2.75, 3.05) is 6.54 Å². The maximum Gasteiger partial charge on any atom is 0.256 e. The molecule has 1 aliphatic carbocycles. The second kappa shape index (κ2) is 9.93. The minimum absolute atomic E-state index is 0.0914. The molecule has 1 aromatic carbocycles. The SMILES string of the molecule is Cc1ccsc1-c1ccc(C2(C)CC(C3CC(O)CN3C(=O)C(NC(=O)C3(C#N)CC3)C(C)(C)C)=NC2=O)cc1. The normalized spacial score (nSPS) is 26.3. The number of aryl methyl sites for hydroxylation is 1. The molecule has 1 saturated heterocycles. The van der Waals surface area contributed by atoms with Crippen molar-refractivity contribution in [3.8, 4) is 16.5 Å². The number of benzene rings is 1. The van der Waals surface area contributed by atoms with Gasteiger partial charge in [-0.25, -0.2) is 4.99 Å². The van der Waals surface area contributed by atoms with Crippen LogP contribution >= 0.6 is 11.3 Å². The number of nitrogens with one attached hydrogen (secondary N) is 1. The molecular formula is C31H36N4O4S. The van der Waals surface area contributed by atoms with E-state index in [1.54, 1.807) is 16.2 Å². The first-order valence-electron chi connectivity index (χ1n) is 13.8. The fourth-order valence-corrected chi connectivity index (χ4v) is 6.71. The first-order valence-corrected chi connectivity index (χ1v) is 14.6. The molecule has 9 heteroatoms. The molecule has 2 aliphatic heterocycles. The lowest BCUT2D eigenvalue weighted by molar-refractivity contribution is -0.140. The quantitative estimate of drug-likeness (QED) is 0.550. The fourth-order valence-electron chi connectivity index (χ4n) is 5.78. The number of amides is 3. The Labute approximate surface area is 239 Å². The van der Waals surface area contributed by atoms with Crippen LogP contribution in [0.5, 0.6) is 0 Å². The minimum Gasteiger partial charge on any atom is -0.391 e. The van der Waals surface area contributed by atoms with Crippen molar-refractivity contribution in [2.45, 2.75) is 83.9 Å². The monoisotopic (exact) mass is 560 g/mol. The molecule has 1 aromatic heterocycles. The number of aliphatic hydroxyl groups excluding tert-OH is 1. The number of nitriles is 1. The minimum atomic E-state index is -1.06. The summed E-state index contributed by atoms with van der Waals surface area (Å²) in [6, 6.07) is 10.8. The largest absolute Gasteiger partial charge is 0.391 e. The third kappa shape index (κ3) is 4.88. The van der Waals surface area contributed by atoms with E-state index in [1.807, 2.05) is 52.0 Å². The zero-order valence-corrected chi connectivity index (χ0v) is 24.5. The molecule has 5 rings (SSSR count). The van der Waals surface area contributed by atoms with Gasteiger partial charge in [0.1, 0.15) is 11.5 Å². The third-order valence-corrected chi connectivity index (χ3v) is 9.70. The molecule has 0 spiro atoms. The fraction of sp³-hybridized carbons (Fsp3) is 0.516. The van der Waals surface area contributed by atoms with E-state index < -0.39 is 40.3 Å². The molecule has 3 aliphatic rings. The van der Waals surface area contributed by atoms with E-state index >= 15 is 0 Å². The van der Waals surface area contributed by atoms with Gasteiger partial charge in [-0.05, 0) is 60.2 Å². The topological polar surface area (TPSA) is 123 Å². The number of aliphatic hydroxyl groups is 1. The van der Waals surface area contributed by atoms with Crippen LogP contribution in [0, 0.1) is 29.1 Å². The third-order valence-electron chi connectivity index (χ3n) is 8.63. The van der Waals surface area contributed by atoms with Crippen LogP contribution in [0.4, 0.5) is 0 Å². The van der Waals surface area contributed by atoms with Gasteiger partial charge >= 0.3 is 0 Å². The number of aliphatic imine (C=N–C) groups is 1. The molecule has 40 heavy (non-hydrogen) atoms. The Kier molecular flexibility index (Phi) is 7.00. The second-order valence-corrected chi connectivity index (χ2v) is 13.7.